The molecule has 1 N–H and O–H groups in total. The lowest BCUT2D eigenvalue weighted by Crippen LogP contribution is -2.22. The Kier molecular flexibility index (Phi) is 8.42. The van der Waals surface area contributed by atoms with Gasteiger partial charge in [0.05, 0.1) is 13.2 Å². The number of rotatable bonds is 10. The second kappa shape index (κ2) is 11.3. The molecule has 0 aliphatic heterocycles. The fourth-order valence-electron chi connectivity index (χ4n) is 4.51. The third-order valence-corrected chi connectivity index (χ3v) is 6.02. The van der Waals surface area contributed by atoms with Gasteiger partial charge >= 0.3 is 0 Å². The van der Waals surface area contributed by atoms with Gasteiger partial charge in [-0.2, -0.15) is 0 Å². The van der Waals surface area contributed by atoms with E-state index in [2.05, 4.69) is 55.6 Å². The maximum atomic E-state index is 5.84. The van der Waals surface area contributed by atoms with Gasteiger partial charge in [-0.25, -0.2) is 0 Å². The summed E-state index contributed by atoms with van der Waals surface area (Å²) in [5.41, 5.74) is 2.77. The van der Waals surface area contributed by atoms with Crippen LogP contribution in [0.1, 0.15) is 69.4 Å². The number of nitrogens with one attached hydrogen (secondary N) is 1. The Morgan fingerprint density at radius 2 is 1.55 bits per heavy atom. The zero-order valence-electron chi connectivity index (χ0n) is 18.3. The predicted octanol–water partition coefficient (Wildman–Crippen LogP) is 6.33. The van der Waals surface area contributed by atoms with Gasteiger partial charge in [0.25, 0.3) is 0 Å². The van der Waals surface area contributed by atoms with E-state index in [9.17, 15) is 0 Å². The molecule has 2 aromatic carbocycles. The highest BCUT2D eigenvalue weighted by molar-refractivity contribution is 5.30. The van der Waals surface area contributed by atoms with Crippen LogP contribution in [0.15, 0.2) is 48.5 Å². The van der Waals surface area contributed by atoms with Gasteiger partial charge in [0, 0.05) is 6.54 Å². The number of hydrogen-bond donors (Lipinski definition) is 1. The fraction of sp³-hybridized carbons (Fsp3) is 0.538. The van der Waals surface area contributed by atoms with Crippen molar-refractivity contribution in [3.63, 3.8) is 0 Å². The summed E-state index contributed by atoms with van der Waals surface area (Å²) < 4.78 is 11.1. The lowest BCUT2D eigenvalue weighted by molar-refractivity contribution is 0.242. The third kappa shape index (κ3) is 6.78. The van der Waals surface area contributed by atoms with Crippen molar-refractivity contribution in [3.05, 3.63) is 59.7 Å². The minimum Gasteiger partial charge on any atom is -0.497 e. The second-order valence-electron chi connectivity index (χ2n) is 8.55. The monoisotopic (exact) mass is 395 g/mol. The Hall–Kier alpha value is -2.00. The zero-order chi connectivity index (χ0) is 20.5. The van der Waals surface area contributed by atoms with Crippen LogP contribution in [0.4, 0.5) is 0 Å². The Labute approximate surface area is 176 Å². The van der Waals surface area contributed by atoms with Crippen molar-refractivity contribution in [3.8, 4) is 11.5 Å². The third-order valence-electron chi connectivity index (χ3n) is 6.02. The van der Waals surface area contributed by atoms with Gasteiger partial charge in [0.15, 0.2) is 0 Å². The van der Waals surface area contributed by atoms with E-state index in [4.69, 9.17) is 9.47 Å². The molecule has 0 bridgehead atoms. The summed E-state index contributed by atoms with van der Waals surface area (Å²) in [6.45, 7) is 6.10. The molecule has 0 radical (unpaired) electrons. The van der Waals surface area contributed by atoms with E-state index >= 15 is 0 Å². The van der Waals surface area contributed by atoms with E-state index in [0.717, 1.165) is 30.5 Å². The molecular formula is C26H37NO2. The SMILES string of the molecule is COc1ccc(CNCCC(c2ccc(OC(C)C)cc2)C2CCCCC2)cc1. The van der Waals surface area contributed by atoms with Crippen LogP contribution in [-0.2, 0) is 6.54 Å². The Bertz CT molecular complexity index is 702. The first-order valence-corrected chi connectivity index (χ1v) is 11.3. The minimum atomic E-state index is 0.220. The summed E-state index contributed by atoms with van der Waals surface area (Å²) in [6.07, 6.45) is 8.31. The molecule has 158 valence electrons. The van der Waals surface area contributed by atoms with Crippen molar-refractivity contribution in [2.24, 2.45) is 5.92 Å². The smallest absolute Gasteiger partial charge is 0.119 e. The summed E-state index contributed by atoms with van der Waals surface area (Å²) in [6, 6.07) is 17.2. The molecule has 1 aliphatic rings. The first-order valence-electron chi connectivity index (χ1n) is 11.3. The van der Waals surface area contributed by atoms with Gasteiger partial charge in [0.2, 0.25) is 0 Å². The van der Waals surface area contributed by atoms with Crippen LogP contribution in [0.25, 0.3) is 0 Å². The average molecular weight is 396 g/mol. The number of benzene rings is 2. The molecule has 1 fully saturated rings. The van der Waals surface area contributed by atoms with Gasteiger partial charge in [0.1, 0.15) is 11.5 Å². The van der Waals surface area contributed by atoms with Crippen molar-refractivity contribution in [2.75, 3.05) is 13.7 Å². The Morgan fingerprint density at radius 1 is 0.897 bits per heavy atom. The molecule has 29 heavy (non-hydrogen) atoms. The van der Waals surface area contributed by atoms with Crippen molar-refractivity contribution < 1.29 is 9.47 Å². The maximum Gasteiger partial charge on any atom is 0.119 e. The first-order chi connectivity index (χ1) is 14.2. The highest BCUT2D eigenvalue weighted by atomic mass is 16.5. The molecule has 1 aliphatic carbocycles. The molecule has 1 unspecified atom stereocenters. The summed E-state index contributed by atoms with van der Waals surface area (Å²) in [5.74, 6) is 3.33. The van der Waals surface area contributed by atoms with E-state index in [0.29, 0.717) is 5.92 Å². The highest BCUT2D eigenvalue weighted by Crippen LogP contribution is 2.38. The van der Waals surface area contributed by atoms with Crippen molar-refractivity contribution >= 4 is 0 Å². The number of ether oxygens (including phenoxy) is 2. The molecule has 0 spiro atoms. The summed E-state index contributed by atoms with van der Waals surface area (Å²) in [7, 11) is 1.71. The molecular weight excluding hydrogens is 358 g/mol. The largest absolute Gasteiger partial charge is 0.497 e. The molecule has 3 rings (SSSR count). The van der Waals surface area contributed by atoms with E-state index in [1.807, 2.05) is 12.1 Å². The topological polar surface area (TPSA) is 30.5 Å². The highest BCUT2D eigenvalue weighted by Gasteiger charge is 2.24. The molecule has 0 heterocycles. The van der Waals surface area contributed by atoms with E-state index in [1.54, 1.807) is 7.11 Å². The van der Waals surface area contributed by atoms with Gasteiger partial charge in [-0.1, -0.05) is 43.5 Å². The summed E-state index contributed by atoms with van der Waals surface area (Å²) >= 11 is 0. The van der Waals surface area contributed by atoms with Crippen LogP contribution in [-0.4, -0.2) is 19.8 Å². The second-order valence-corrected chi connectivity index (χ2v) is 8.55. The normalized spacial score (nSPS) is 16.0. The van der Waals surface area contributed by atoms with Crippen LogP contribution in [0.3, 0.4) is 0 Å². The quantitative estimate of drug-likeness (QED) is 0.477. The van der Waals surface area contributed by atoms with Gasteiger partial charge in [-0.05, 0) is 86.9 Å². The van der Waals surface area contributed by atoms with Crippen molar-refractivity contribution in [1.29, 1.82) is 0 Å². The molecule has 3 nitrogen and oxygen atoms in total. The molecule has 1 atom stereocenters. The van der Waals surface area contributed by atoms with Crippen LogP contribution in [0.2, 0.25) is 0 Å². The number of hydrogen-bond acceptors (Lipinski definition) is 3. The Morgan fingerprint density at radius 3 is 2.17 bits per heavy atom. The molecule has 0 amide bonds. The van der Waals surface area contributed by atoms with Crippen molar-refractivity contribution in [2.45, 2.75) is 70.9 Å². The molecule has 3 heteroatoms. The van der Waals surface area contributed by atoms with E-state index in [1.165, 1.54) is 49.7 Å². The molecule has 0 saturated heterocycles. The summed E-state index contributed by atoms with van der Waals surface area (Å²) in [4.78, 5) is 0. The standard InChI is InChI=1S/C26H37NO2/c1-20(2)29-25-15-11-23(12-16-25)26(22-7-5-4-6-8-22)17-18-27-19-21-9-13-24(28-3)14-10-21/h9-16,20,22,26-27H,4-8,17-19H2,1-3H3. The molecule has 1 saturated carbocycles. The lowest BCUT2D eigenvalue weighted by Gasteiger charge is -2.31. The fourth-order valence-corrected chi connectivity index (χ4v) is 4.51. The van der Waals surface area contributed by atoms with Gasteiger partial charge in [-0.3, -0.25) is 0 Å². The van der Waals surface area contributed by atoms with E-state index < -0.39 is 0 Å². The van der Waals surface area contributed by atoms with Crippen molar-refractivity contribution in [1.82, 2.24) is 5.32 Å². The molecule has 2 aromatic rings. The van der Waals surface area contributed by atoms with Gasteiger partial charge < -0.3 is 14.8 Å². The maximum absolute atomic E-state index is 5.84. The lowest BCUT2D eigenvalue weighted by atomic mass is 9.75. The molecule has 0 aromatic heterocycles. The van der Waals surface area contributed by atoms with Crippen LogP contribution < -0.4 is 14.8 Å². The number of methoxy groups -OCH3 is 1. The van der Waals surface area contributed by atoms with Gasteiger partial charge in [-0.15, -0.1) is 0 Å². The summed E-state index contributed by atoms with van der Waals surface area (Å²) in [5, 5.41) is 3.65. The minimum absolute atomic E-state index is 0.220. The Balaban J connectivity index is 1.57. The predicted molar refractivity (Wildman–Crippen MR) is 121 cm³/mol. The first kappa shape index (κ1) is 21.7. The van der Waals surface area contributed by atoms with Crippen LogP contribution in [0.5, 0.6) is 11.5 Å². The van der Waals surface area contributed by atoms with Crippen LogP contribution >= 0.6 is 0 Å². The zero-order valence-corrected chi connectivity index (χ0v) is 18.3. The van der Waals surface area contributed by atoms with E-state index in [-0.39, 0.29) is 6.10 Å². The van der Waals surface area contributed by atoms with Crippen LogP contribution in [0, 0.1) is 5.92 Å². The average Bonchev–Trinajstić information content (AvgIpc) is 2.75.